The first-order valence-electron chi connectivity index (χ1n) is 9.32. The summed E-state index contributed by atoms with van der Waals surface area (Å²) in [6.45, 7) is 7.61. The van der Waals surface area contributed by atoms with Crippen molar-refractivity contribution in [3.63, 3.8) is 0 Å². The fourth-order valence-electron chi connectivity index (χ4n) is 2.59. The summed E-state index contributed by atoms with van der Waals surface area (Å²) < 4.78 is 15.2. The molecule has 1 rings (SSSR count). The molecule has 0 aliphatic carbocycles. The summed E-state index contributed by atoms with van der Waals surface area (Å²) in [5, 5.41) is 5.50. The van der Waals surface area contributed by atoms with Crippen LogP contribution in [0.25, 0.3) is 0 Å². The second-order valence-electron chi connectivity index (χ2n) is 7.45. The number of methoxy groups -OCH3 is 1. The highest BCUT2D eigenvalue weighted by Gasteiger charge is 2.24. The Labute approximate surface area is 161 Å². The van der Waals surface area contributed by atoms with E-state index in [1.54, 1.807) is 32.8 Å². The van der Waals surface area contributed by atoms with E-state index >= 15 is 0 Å². The maximum Gasteiger partial charge on any atom is 0.407 e. The summed E-state index contributed by atoms with van der Waals surface area (Å²) in [6.07, 6.45) is 1.11. The van der Waals surface area contributed by atoms with Gasteiger partial charge in [0.05, 0.1) is 13.2 Å². The van der Waals surface area contributed by atoms with Gasteiger partial charge in [0.25, 0.3) is 0 Å². The molecule has 0 aromatic carbocycles. The highest BCUT2D eigenvalue weighted by Crippen LogP contribution is 2.11. The third-order valence-electron chi connectivity index (χ3n) is 3.88. The van der Waals surface area contributed by atoms with Crippen molar-refractivity contribution in [3.05, 3.63) is 0 Å². The van der Waals surface area contributed by atoms with Crippen LogP contribution in [0.1, 0.15) is 40.0 Å². The van der Waals surface area contributed by atoms with Crippen LogP contribution < -0.4 is 10.6 Å². The zero-order valence-electron chi connectivity index (χ0n) is 16.8. The molecular formula is C18H33N3O6. The Kier molecular flexibility index (Phi) is 10.1. The molecule has 0 saturated carbocycles. The van der Waals surface area contributed by atoms with Crippen molar-refractivity contribution in [1.82, 2.24) is 15.5 Å². The van der Waals surface area contributed by atoms with Crippen LogP contribution in [-0.2, 0) is 23.8 Å². The molecule has 0 atom stereocenters. The molecule has 156 valence electrons. The Morgan fingerprint density at radius 1 is 1.11 bits per heavy atom. The lowest BCUT2D eigenvalue weighted by molar-refractivity contribution is -0.132. The van der Waals surface area contributed by atoms with Crippen LogP contribution in [0.15, 0.2) is 0 Å². The predicted octanol–water partition coefficient (Wildman–Crippen LogP) is 0.671. The molecule has 3 amide bonds. The summed E-state index contributed by atoms with van der Waals surface area (Å²) in [4.78, 5) is 37.3. The lowest BCUT2D eigenvalue weighted by atomic mass is 10.0. The molecule has 27 heavy (non-hydrogen) atoms. The number of carbonyl (C=O) groups excluding carboxylic acids is 3. The number of carbonyl (C=O) groups is 3. The van der Waals surface area contributed by atoms with Crippen molar-refractivity contribution in [2.75, 3.05) is 46.6 Å². The van der Waals surface area contributed by atoms with E-state index in [9.17, 15) is 14.4 Å². The molecule has 0 radical (unpaired) electrons. The molecule has 1 aliphatic heterocycles. The molecule has 0 aromatic heterocycles. The number of ether oxygens (including phenoxy) is 3. The molecule has 9 heteroatoms. The Morgan fingerprint density at radius 2 is 1.78 bits per heavy atom. The lowest BCUT2D eigenvalue weighted by Gasteiger charge is -2.32. The molecular weight excluding hydrogens is 354 g/mol. The van der Waals surface area contributed by atoms with Crippen molar-refractivity contribution in [3.8, 4) is 0 Å². The maximum atomic E-state index is 12.2. The summed E-state index contributed by atoms with van der Waals surface area (Å²) in [7, 11) is 1.58. The quantitative estimate of drug-likeness (QED) is 0.563. The normalized spacial score (nSPS) is 15.3. The van der Waals surface area contributed by atoms with Gasteiger partial charge in [-0.05, 0) is 33.6 Å². The summed E-state index contributed by atoms with van der Waals surface area (Å²) in [5.41, 5.74) is -0.560. The Hall–Kier alpha value is -1.87. The second kappa shape index (κ2) is 11.8. The van der Waals surface area contributed by atoms with Gasteiger partial charge in [0.15, 0.2) is 0 Å². The van der Waals surface area contributed by atoms with Gasteiger partial charge in [-0.25, -0.2) is 4.79 Å². The van der Waals surface area contributed by atoms with E-state index in [0.717, 1.165) is 0 Å². The largest absolute Gasteiger partial charge is 0.444 e. The zero-order chi connectivity index (χ0) is 20.3. The minimum Gasteiger partial charge on any atom is -0.444 e. The van der Waals surface area contributed by atoms with Gasteiger partial charge in [0.2, 0.25) is 11.8 Å². The molecule has 1 heterocycles. The fourth-order valence-corrected chi connectivity index (χ4v) is 2.59. The molecule has 0 spiro atoms. The van der Waals surface area contributed by atoms with E-state index in [2.05, 4.69) is 10.6 Å². The first-order valence-corrected chi connectivity index (χ1v) is 9.32. The molecule has 0 bridgehead atoms. The number of hydrogen-bond donors (Lipinski definition) is 2. The number of alkyl carbamates (subject to hydrolysis) is 1. The van der Waals surface area contributed by atoms with Crippen LogP contribution in [0.3, 0.4) is 0 Å². The number of amides is 3. The van der Waals surface area contributed by atoms with E-state index in [1.807, 2.05) is 0 Å². The fraction of sp³-hybridized carbons (Fsp3) is 0.833. The smallest absolute Gasteiger partial charge is 0.407 e. The van der Waals surface area contributed by atoms with Gasteiger partial charge in [-0.15, -0.1) is 0 Å². The predicted molar refractivity (Wildman–Crippen MR) is 99.3 cm³/mol. The van der Waals surface area contributed by atoms with Gasteiger partial charge < -0.3 is 29.7 Å². The van der Waals surface area contributed by atoms with E-state index in [0.29, 0.717) is 39.1 Å². The van der Waals surface area contributed by atoms with Crippen LogP contribution in [0, 0.1) is 0 Å². The number of piperidine rings is 1. The standard InChI is InChI=1S/C18H33N3O6/c1-18(2,3)27-17(24)19-8-5-16(23)21-9-6-14(7-10-21)20-15(22)13-26-12-11-25-4/h14H,5-13H2,1-4H3,(H,19,24)(H,20,22). The van der Waals surface area contributed by atoms with Gasteiger partial charge in [-0.3, -0.25) is 9.59 Å². The van der Waals surface area contributed by atoms with Crippen LogP contribution in [0.4, 0.5) is 4.79 Å². The van der Waals surface area contributed by atoms with Crippen molar-refractivity contribution < 1.29 is 28.6 Å². The summed E-state index contributed by atoms with van der Waals surface area (Å²) in [6, 6.07) is 0.0486. The number of likely N-dealkylation sites (tertiary alicyclic amines) is 1. The SMILES string of the molecule is COCCOCC(=O)NC1CCN(C(=O)CCNC(=O)OC(C)(C)C)CC1. The summed E-state index contributed by atoms with van der Waals surface area (Å²) >= 11 is 0. The highest BCUT2D eigenvalue weighted by atomic mass is 16.6. The topological polar surface area (TPSA) is 106 Å². The van der Waals surface area contributed by atoms with E-state index in [4.69, 9.17) is 14.2 Å². The van der Waals surface area contributed by atoms with Crippen LogP contribution in [0.2, 0.25) is 0 Å². The number of nitrogens with zero attached hydrogens (tertiary/aromatic N) is 1. The Balaban J connectivity index is 2.17. The minimum atomic E-state index is -0.560. The molecule has 1 aliphatic rings. The third-order valence-corrected chi connectivity index (χ3v) is 3.88. The average Bonchev–Trinajstić information content (AvgIpc) is 2.57. The maximum absolute atomic E-state index is 12.2. The number of rotatable bonds is 9. The van der Waals surface area contributed by atoms with Crippen molar-refractivity contribution in [2.45, 2.75) is 51.7 Å². The Morgan fingerprint density at radius 3 is 2.37 bits per heavy atom. The lowest BCUT2D eigenvalue weighted by Crippen LogP contribution is -2.47. The Bertz CT molecular complexity index is 484. The van der Waals surface area contributed by atoms with Crippen molar-refractivity contribution >= 4 is 17.9 Å². The molecule has 1 saturated heterocycles. The van der Waals surface area contributed by atoms with E-state index < -0.39 is 11.7 Å². The number of hydrogen-bond acceptors (Lipinski definition) is 6. The average molecular weight is 387 g/mol. The molecule has 0 unspecified atom stereocenters. The van der Waals surface area contributed by atoms with Crippen LogP contribution in [0.5, 0.6) is 0 Å². The zero-order valence-corrected chi connectivity index (χ0v) is 16.8. The molecule has 0 aromatic rings. The first kappa shape index (κ1) is 23.2. The van der Waals surface area contributed by atoms with Crippen molar-refractivity contribution in [1.29, 1.82) is 0 Å². The van der Waals surface area contributed by atoms with Crippen molar-refractivity contribution in [2.24, 2.45) is 0 Å². The summed E-state index contributed by atoms with van der Waals surface area (Å²) in [5.74, 6) is -0.170. The molecule has 2 N–H and O–H groups in total. The highest BCUT2D eigenvalue weighted by molar-refractivity contribution is 5.78. The van der Waals surface area contributed by atoms with Gasteiger partial charge in [0.1, 0.15) is 12.2 Å². The van der Waals surface area contributed by atoms with Gasteiger partial charge in [0, 0.05) is 39.2 Å². The van der Waals surface area contributed by atoms with E-state index in [1.165, 1.54) is 0 Å². The first-order chi connectivity index (χ1) is 12.7. The van der Waals surface area contributed by atoms with Gasteiger partial charge in [-0.1, -0.05) is 0 Å². The third kappa shape index (κ3) is 10.8. The van der Waals surface area contributed by atoms with Crippen LogP contribution in [-0.4, -0.2) is 81.0 Å². The van der Waals surface area contributed by atoms with Crippen LogP contribution >= 0.6 is 0 Å². The monoisotopic (exact) mass is 387 g/mol. The minimum absolute atomic E-state index is 0.0127. The van der Waals surface area contributed by atoms with E-state index in [-0.39, 0.29) is 37.4 Å². The molecule has 1 fully saturated rings. The van der Waals surface area contributed by atoms with Gasteiger partial charge in [-0.2, -0.15) is 0 Å². The second-order valence-corrected chi connectivity index (χ2v) is 7.45. The van der Waals surface area contributed by atoms with Gasteiger partial charge >= 0.3 is 6.09 Å². The number of nitrogens with one attached hydrogen (secondary N) is 2. The molecule has 9 nitrogen and oxygen atoms in total.